The molecule has 1 amide bonds. The third kappa shape index (κ3) is 4.48. The summed E-state index contributed by atoms with van der Waals surface area (Å²) in [6, 6.07) is 0.599. The largest absolute Gasteiger partial charge is 0.342 e. The molecule has 0 aromatic carbocycles. The molecule has 3 heteroatoms. The Labute approximate surface area is 117 Å². The maximum absolute atomic E-state index is 12.4. The van der Waals surface area contributed by atoms with Gasteiger partial charge in [0.2, 0.25) is 5.91 Å². The zero-order valence-corrected chi connectivity index (χ0v) is 12.1. The minimum absolute atomic E-state index is 0.422. The lowest BCUT2D eigenvalue weighted by Crippen LogP contribution is -2.38. The molecule has 0 bridgehead atoms. The average molecular weight is 264 g/mol. The molecule has 0 spiro atoms. The third-order valence-electron chi connectivity index (χ3n) is 4.82. The summed E-state index contributed by atoms with van der Waals surface area (Å²) in [5.74, 6) is 2.08. The number of amides is 1. The van der Waals surface area contributed by atoms with Crippen LogP contribution in [0.25, 0.3) is 0 Å². The van der Waals surface area contributed by atoms with Crippen LogP contribution in [-0.4, -0.2) is 36.5 Å². The van der Waals surface area contributed by atoms with Gasteiger partial charge < -0.3 is 10.2 Å². The molecule has 2 saturated carbocycles. The van der Waals surface area contributed by atoms with Gasteiger partial charge in [0.25, 0.3) is 0 Å². The molecule has 1 heterocycles. The minimum Gasteiger partial charge on any atom is -0.342 e. The summed E-state index contributed by atoms with van der Waals surface area (Å²) < 4.78 is 0. The standard InChI is InChI=1S/C16H28N2O/c19-16(9-8-15-3-1-2-10-17-15)18(11-13-4-5-13)12-14-6-7-14/h13-15,17H,1-12H2. The van der Waals surface area contributed by atoms with Gasteiger partial charge in [-0.25, -0.2) is 0 Å². The molecule has 1 aliphatic heterocycles. The SMILES string of the molecule is O=C(CCC1CCCCN1)N(CC1CC1)CC1CC1. The Morgan fingerprint density at radius 2 is 1.68 bits per heavy atom. The summed E-state index contributed by atoms with van der Waals surface area (Å²) in [5, 5.41) is 3.55. The van der Waals surface area contributed by atoms with Crippen molar-refractivity contribution in [3.05, 3.63) is 0 Å². The molecule has 1 unspecified atom stereocenters. The van der Waals surface area contributed by atoms with Gasteiger partial charge in [0.15, 0.2) is 0 Å². The Kier molecular flexibility index (Phi) is 4.42. The Hall–Kier alpha value is -0.570. The Morgan fingerprint density at radius 1 is 1.00 bits per heavy atom. The van der Waals surface area contributed by atoms with Crippen LogP contribution in [0.3, 0.4) is 0 Å². The molecular formula is C16H28N2O. The smallest absolute Gasteiger partial charge is 0.222 e. The fraction of sp³-hybridized carbons (Fsp3) is 0.938. The predicted octanol–water partition coefficient (Wildman–Crippen LogP) is 2.56. The Morgan fingerprint density at radius 3 is 2.21 bits per heavy atom. The van der Waals surface area contributed by atoms with Crippen molar-refractivity contribution >= 4 is 5.91 Å². The molecule has 1 atom stereocenters. The molecule has 3 rings (SSSR count). The number of piperidine rings is 1. The lowest BCUT2D eigenvalue weighted by molar-refractivity contribution is -0.132. The van der Waals surface area contributed by atoms with E-state index in [0.717, 1.165) is 44.3 Å². The highest BCUT2D eigenvalue weighted by Gasteiger charge is 2.31. The highest BCUT2D eigenvalue weighted by molar-refractivity contribution is 5.76. The van der Waals surface area contributed by atoms with E-state index in [4.69, 9.17) is 0 Å². The second-order valence-corrected chi connectivity index (χ2v) is 6.87. The van der Waals surface area contributed by atoms with E-state index >= 15 is 0 Å². The van der Waals surface area contributed by atoms with Crippen molar-refractivity contribution in [3.8, 4) is 0 Å². The van der Waals surface area contributed by atoms with Crippen LogP contribution in [0.2, 0.25) is 0 Å². The van der Waals surface area contributed by atoms with Crippen LogP contribution in [0.4, 0.5) is 0 Å². The summed E-state index contributed by atoms with van der Waals surface area (Å²) in [7, 11) is 0. The normalized spacial score (nSPS) is 27.3. The van der Waals surface area contributed by atoms with Gasteiger partial charge in [-0.3, -0.25) is 4.79 Å². The van der Waals surface area contributed by atoms with Gasteiger partial charge in [-0.1, -0.05) is 6.42 Å². The Balaban J connectivity index is 1.42. The lowest BCUT2D eigenvalue weighted by atomic mass is 10.0. The van der Waals surface area contributed by atoms with E-state index in [2.05, 4.69) is 10.2 Å². The number of nitrogens with one attached hydrogen (secondary N) is 1. The first-order chi connectivity index (χ1) is 9.31. The van der Waals surface area contributed by atoms with Crippen molar-refractivity contribution < 1.29 is 4.79 Å². The van der Waals surface area contributed by atoms with Crippen LogP contribution in [0.1, 0.15) is 57.8 Å². The van der Waals surface area contributed by atoms with E-state index in [0.29, 0.717) is 11.9 Å². The number of nitrogens with zero attached hydrogens (tertiary/aromatic N) is 1. The van der Waals surface area contributed by atoms with E-state index in [1.165, 1.54) is 44.9 Å². The number of carbonyl (C=O) groups is 1. The lowest BCUT2D eigenvalue weighted by Gasteiger charge is -2.26. The van der Waals surface area contributed by atoms with Gasteiger partial charge >= 0.3 is 0 Å². The van der Waals surface area contributed by atoms with Crippen molar-refractivity contribution in [2.45, 2.75) is 63.8 Å². The first-order valence-corrected chi connectivity index (χ1v) is 8.32. The summed E-state index contributed by atoms with van der Waals surface area (Å²) in [6.45, 7) is 3.24. The van der Waals surface area contributed by atoms with Crippen LogP contribution < -0.4 is 5.32 Å². The van der Waals surface area contributed by atoms with Crippen LogP contribution in [-0.2, 0) is 4.79 Å². The molecule has 1 N–H and O–H groups in total. The summed E-state index contributed by atoms with van der Waals surface area (Å²) in [6.07, 6.45) is 11.1. The quantitative estimate of drug-likeness (QED) is 0.766. The van der Waals surface area contributed by atoms with E-state index in [9.17, 15) is 4.79 Å². The molecule has 1 saturated heterocycles. The number of rotatable bonds is 7. The second kappa shape index (κ2) is 6.25. The topological polar surface area (TPSA) is 32.3 Å². The van der Waals surface area contributed by atoms with Gasteiger partial charge in [-0.15, -0.1) is 0 Å². The maximum Gasteiger partial charge on any atom is 0.222 e. The fourth-order valence-electron chi connectivity index (χ4n) is 3.13. The summed E-state index contributed by atoms with van der Waals surface area (Å²) in [5.41, 5.74) is 0. The van der Waals surface area contributed by atoms with Gasteiger partial charge in [-0.2, -0.15) is 0 Å². The van der Waals surface area contributed by atoms with Crippen molar-refractivity contribution in [2.75, 3.05) is 19.6 Å². The molecule has 108 valence electrons. The average Bonchev–Trinajstić information content (AvgIpc) is 3.31. The van der Waals surface area contributed by atoms with Gasteiger partial charge in [0, 0.05) is 25.6 Å². The zero-order chi connectivity index (χ0) is 13.1. The van der Waals surface area contributed by atoms with Gasteiger partial charge in [0.05, 0.1) is 0 Å². The van der Waals surface area contributed by atoms with E-state index in [1.807, 2.05) is 0 Å². The predicted molar refractivity (Wildman–Crippen MR) is 76.9 cm³/mol. The van der Waals surface area contributed by atoms with Crippen LogP contribution in [0, 0.1) is 11.8 Å². The van der Waals surface area contributed by atoms with Crippen LogP contribution in [0.5, 0.6) is 0 Å². The summed E-state index contributed by atoms with van der Waals surface area (Å²) >= 11 is 0. The van der Waals surface area contributed by atoms with E-state index < -0.39 is 0 Å². The van der Waals surface area contributed by atoms with Crippen molar-refractivity contribution in [1.82, 2.24) is 10.2 Å². The highest BCUT2D eigenvalue weighted by atomic mass is 16.2. The molecule has 3 nitrogen and oxygen atoms in total. The first kappa shape index (κ1) is 13.4. The number of hydrogen-bond donors (Lipinski definition) is 1. The fourth-order valence-corrected chi connectivity index (χ4v) is 3.13. The molecular weight excluding hydrogens is 236 g/mol. The van der Waals surface area contributed by atoms with Crippen molar-refractivity contribution in [3.63, 3.8) is 0 Å². The second-order valence-electron chi connectivity index (χ2n) is 6.87. The van der Waals surface area contributed by atoms with E-state index in [-0.39, 0.29) is 0 Å². The Bertz CT molecular complexity index is 290. The maximum atomic E-state index is 12.4. The van der Waals surface area contributed by atoms with Crippen LogP contribution in [0.15, 0.2) is 0 Å². The molecule has 0 aromatic rings. The van der Waals surface area contributed by atoms with Gasteiger partial charge in [0.1, 0.15) is 0 Å². The van der Waals surface area contributed by atoms with E-state index in [1.54, 1.807) is 0 Å². The van der Waals surface area contributed by atoms with Crippen molar-refractivity contribution in [1.29, 1.82) is 0 Å². The highest BCUT2D eigenvalue weighted by Crippen LogP contribution is 2.34. The summed E-state index contributed by atoms with van der Waals surface area (Å²) in [4.78, 5) is 14.6. The molecule has 19 heavy (non-hydrogen) atoms. The van der Waals surface area contributed by atoms with Crippen molar-refractivity contribution in [2.24, 2.45) is 11.8 Å². The third-order valence-corrected chi connectivity index (χ3v) is 4.82. The number of hydrogen-bond acceptors (Lipinski definition) is 2. The minimum atomic E-state index is 0.422. The number of carbonyl (C=O) groups excluding carboxylic acids is 1. The monoisotopic (exact) mass is 264 g/mol. The zero-order valence-electron chi connectivity index (χ0n) is 12.1. The molecule has 0 aromatic heterocycles. The molecule has 3 aliphatic rings. The molecule has 0 radical (unpaired) electrons. The molecule has 2 aliphatic carbocycles. The van der Waals surface area contributed by atoms with Crippen LogP contribution >= 0.6 is 0 Å². The first-order valence-electron chi connectivity index (χ1n) is 8.32. The van der Waals surface area contributed by atoms with Gasteiger partial charge in [-0.05, 0) is 63.3 Å². The molecule has 3 fully saturated rings.